The third-order valence-corrected chi connectivity index (χ3v) is 4.88. The Bertz CT molecular complexity index is 53.9. The fourth-order valence-corrected chi connectivity index (χ4v) is 3.75. The molecule has 0 aliphatic heterocycles. The first-order valence-corrected chi connectivity index (χ1v) is 8.09. The van der Waals surface area contributed by atoms with Crippen LogP contribution in [0.25, 0.3) is 0 Å². The summed E-state index contributed by atoms with van der Waals surface area (Å²) in [4.78, 5) is 0. The van der Waals surface area contributed by atoms with Crippen LogP contribution in [0.3, 0.4) is 0 Å². The van der Waals surface area contributed by atoms with E-state index in [0.29, 0.717) is 15.4 Å². The summed E-state index contributed by atoms with van der Waals surface area (Å²) < 4.78 is 0. The van der Waals surface area contributed by atoms with Gasteiger partial charge in [0, 0.05) is 0 Å². The third-order valence-electron chi connectivity index (χ3n) is 1.91. The maximum absolute atomic E-state index is 2.29. The molecule has 0 aliphatic rings. The van der Waals surface area contributed by atoms with Crippen molar-refractivity contribution >= 4 is 15.4 Å². The molecular formula is C10H22Ge. The first-order chi connectivity index (χ1) is 5.41. The molecule has 0 aliphatic carbocycles. The van der Waals surface area contributed by atoms with Crippen molar-refractivity contribution in [1.82, 2.24) is 0 Å². The zero-order chi connectivity index (χ0) is 8.36. The molecule has 0 rings (SSSR count). The molecule has 0 aromatic rings. The van der Waals surface area contributed by atoms with Crippen molar-refractivity contribution in [2.45, 2.75) is 62.9 Å². The van der Waals surface area contributed by atoms with Gasteiger partial charge >= 0.3 is 78.3 Å². The second kappa shape index (κ2) is 10.5. The van der Waals surface area contributed by atoms with Crippen LogP contribution in [0.1, 0.15) is 52.4 Å². The van der Waals surface area contributed by atoms with Crippen LogP contribution >= 0.6 is 0 Å². The van der Waals surface area contributed by atoms with E-state index in [-0.39, 0.29) is 0 Å². The van der Waals surface area contributed by atoms with Crippen molar-refractivity contribution in [2.75, 3.05) is 0 Å². The molecule has 0 unspecified atom stereocenters. The fraction of sp³-hybridized carbons (Fsp3) is 1.00. The Hall–Kier alpha value is 0.543. The number of rotatable bonds is 8. The number of hydrogen-bond acceptors (Lipinski definition) is 0. The predicted molar refractivity (Wildman–Crippen MR) is 54.4 cm³/mol. The standard InChI is InChI=1S/C10H22Ge/c1-3-5-7-9-11-10-8-6-4-2/h3-10H2,1-2H3. The van der Waals surface area contributed by atoms with Crippen molar-refractivity contribution in [3.8, 4) is 0 Å². The molecule has 0 fully saturated rings. The Morgan fingerprint density at radius 2 is 1.18 bits per heavy atom. The molecule has 2 radical (unpaired) electrons. The van der Waals surface area contributed by atoms with Crippen molar-refractivity contribution in [3.05, 3.63) is 0 Å². The summed E-state index contributed by atoms with van der Waals surface area (Å²) in [5.41, 5.74) is 0. The Balaban J connectivity index is 2.69. The Kier molecular flexibility index (Phi) is 11.1. The first kappa shape index (κ1) is 11.5. The van der Waals surface area contributed by atoms with Gasteiger partial charge in [-0.25, -0.2) is 0 Å². The average Bonchev–Trinajstić information content (AvgIpc) is 2.03. The van der Waals surface area contributed by atoms with E-state index < -0.39 is 0 Å². The second-order valence-corrected chi connectivity index (χ2v) is 6.31. The van der Waals surface area contributed by atoms with Crippen LogP contribution in [0.4, 0.5) is 0 Å². The molecule has 66 valence electrons. The second-order valence-electron chi connectivity index (χ2n) is 3.16. The van der Waals surface area contributed by atoms with Gasteiger partial charge in [0.25, 0.3) is 0 Å². The van der Waals surface area contributed by atoms with Gasteiger partial charge in [0.1, 0.15) is 0 Å². The van der Waals surface area contributed by atoms with E-state index in [1.165, 1.54) is 38.5 Å². The van der Waals surface area contributed by atoms with Crippen LogP contribution in [0.5, 0.6) is 0 Å². The zero-order valence-electron chi connectivity index (χ0n) is 8.16. The topological polar surface area (TPSA) is 0 Å². The minimum atomic E-state index is 0.481. The van der Waals surface area contributed by atoms with Crippen LogP contribution in [-0.4, -0.2) is 15.4 Å². The molecule has 0 nitrogen and oxygen atoms in total. The summed E-state index contributed by atoms with van der Waals surface area (Å²) in [7, 11) is 0. The van der Waals surface area contributed by atoms with E-state index in [2.05, 4.69) is 13.8 Å². The van der Waals surface area contributed by atoms with Crippen molar-refractivity contribution in [1.29, 1.82) is 0 Å². The summed E-state index contributed by atoms with van der Waals surface area (Å²) in [5, 5.41) is 3.19. The molecule has 1 heteroatoms. The van der Waals surface area contributed by atoms with Gasteiger partial charge in [-0.15, -0.1) is 0 Å². The van der Waals surface area contributed by atoms with Crippen LogP contribution in [-0.2, 0) is 0 Å². The zero-order valence-corrected chi connectivity index (χ0v) is 10.3. The molecule has 0 N–H and O–H groups in total. The van der Waals surface area contributed by atoms with Crippen LogP contribution in [0, 0.1) is 0 Å². The first-order valence-electron chi connectivity index (χ1n) is 5.12. The predicted octanol–water partition coefficient (Wildman–Crippen LogP) is 3.91. The summed E-state index contributed by atoms with van der Waals surface area (Å²) in [6.07, 6.45) is 8.75. The molecular weight excluding hydrogens is 193 g/mol. The van der Waals surface area contributed by atoms with Gasteiger partial charge < -0.3 is 0 Å². The summed E-state index contributed by atoms with van der Waals surface area (Å²) in [6, 6.07) is 0. The summed E-state index contributed by atoms with van der Waals surface area (Å²) in [5.74, 6) is 0. The van der Waals surface area contributed by atoms with Crippen LogP contribution in [0.15, 0.2) is 0 Å². The molecule has 0 amide bonds. The quantitative estimate of drug-likeness (QED) is 0.425. The van der Waals surface area contributed by atoms with E-state index in [9.17, 15) is 0 Å². The number of unbranched alkanes of at least 4 members (excludes halogenated alkanes) is 4. The molecule has 0 saturated heterocycles. The fourth-order valence-electron chi connectivity index (χ4n) is 1.12. The molecule has 0 spiro atoms. The van der Waals surface area contributed by atoms with E-state index in [0.717, 1.165) is 0 Å². The molecule has 0 heterocycles. The molecule has 0 bridgehead atoms. The Morgan fingerprint density at radius 3 is 1.55 bits per heavy atom. The molecule has 11 heavy (non-hydrogen) atoms. The maximum atomic E-state index is 2.29. The summed E-state index contributed by atoms with van der Waals surface area (Å²) >= 11 is 0.481. The SMILES string of the molecule is CCCC[CH2][Ge][CH2]CCCC. The van der Waals surface area contributed by atoms with Gasteiger partial charge in [-0.1, -0.05) is 0 Å². The van der Waals surface area contributed by atoms with Gasteiger partial charge in [-0.3, -0.25) is 0 Å². The molecule has 0 atom stereocenters. The van der Waals surface area contributed by atoms with E-state index in [1.807, 2.05) is 0 Å². The monoisotopic (exact) mass is 216 g/mol. The Morgan fingerprint density at radius 1 is 0.727 bits per heavy atom. The third kappa shape index (κ3) is 10.5. The number of hydrogen-bond donors (Lipinski definition) is 0. The van der Waals surface area contributed by atoms with Crippen molar-refractivity contribution in [3.63, 3.8) is 0 Å². The van der Waals surface area contributed by atoms with E-state index in [1.54, 1.807) is 10.5 Å². The molecule has 0 aromatic carbocycles. The van der Waals surface area contributed by atoms with Gasteiger partial charge in [0.2, 0.25) is 0 Å². The van der Waals surface area contributed by atoms with Crippen molar-refractivity contribution < 1.29 is 0 Å². The Labute approximate surface area is 78.6 Å². The molecule has 0 aromatic heterocycles. The van der Waals surface area contributed by atoms with Gasteiger partial charge in [0.15, 0.2) is 0 Å². The van der Waals surface area contributed by atoms with Gasteiger partial charge in [-0.05, 0) is 0 Å². The summed E-state index contributed by atoms with van der Waals surface area (Å²) in [6.45, 7) is 4.58. The van der Waals surface area contributed by atoms with E-state index >= 15 is 0 Å². The van der Waals surface area contributed by atoms with Crippen molar-refractivity contribution in [2.24, 2.45) is 0 Å². The van der Waals surface area contributed by atoms with Crippen LogP contribution in [0.2, 0.25) is 10.5 Å². The normalized spacial score (nSPS) is 10.4. The van der Waals surface area contributed by atoms with Gasteiger partial charge in [0.05, 0.1) is 0 Å². The minimum absolute atomic E-state index is 0.481. The average molecular weight is 215 g/mol. The van der Waals surface area contributed by atoms with E-state index in [4.69, 9.17) is 0 Å². The van der Waals surface area contributed by atoms with Gasteiger partial charge in [-0.2, -0.15) is 0 Å². The van der Waals surface area contributed by atoms with Crippen LogP contribution < -0.4 is 0 Å². The molecule has 0 saturated carbocycles.